The molecule has 0 fully saturated rings. The molecule has 0 saturated heterocycles. The molecule has 3 heterocycles. The highest BCUT2D eigenvalue weighted by Gasteiger charge is 2.20. The van der Waals surface area contributed by atoms with Crippen LogP contribution in [0.25, 0.3) is 5.95 Å². The number of hydrogen-bond acceptors (Lipinski definition) is 8. The van der Waals surface area contributed by atoms with Crippen LogP contribution in [0.15, 0.2) is 34.8 Å². The standard InChI is InChI=1S/C21H24N8OS2/c1-12-6-7-18(8-13(12)2)27(16(5)30)20-23-17(10-31-20)11-32-21-25-24-19(28(21)22)29-15(4)9-14(3)26-29/h6-10H,11,22H2,1-5H3. The summed E-state index contributed by atoms with van der Waals surface area (Å²) < 4.78 is 3.09. The molecule has 0 radical (unpaired) electrons. The maximum Gasteiger partial charge on any atom is 0.271 e. The highest BCUT2D eigenvalue weighted by molar-refractivity contribution is 7.98. The molecule has 0 unspecified atom stereocenters. The maximum atomic E-state index is 12.4. The van der Waals surface area contributed by atoms with Gasteiger partial charge < -0.3 is 5.84 Å². The van der Waals surface area contributed by atoms with Crippen molar-refractivity contribution in [3.63, 3.8) is 0 Å². The summed E-state index contributed by atoms with van der Waals surface area (Å²) in [6.07, 6.45) is 0. The molecule has 0 aliphatic rings. The van der Waals surface area contributed by atoms with Crippen LogP contribution in [0.5, 0.6) is 0 Å². The second kappa shape index (κ2) is 8.75. The van der Waals surface area contributed by atoms with Crippen molar-refractivity contribution in [2.45, 2.75) is 45.5 Å². The molecule has 2 N–H and O–H groups in total. The number of thiazole rings is 1. The Morgan fingerprint density at radius 3 is 2.59 bits per heavy atom. The molecule has 0 aliphatic heterocycles. The van der Waals surface area contributed by atoms with Gasteiger partial charge in [0.2, 0.25) is 11.1 Å². The van der Waals surface area contributed by atoms with Gasteiger partial charge >= 0.3 is 0 Å². The van der Waals surface area contributed by atoms with Gasteiger partial charge in [-0.2, -0.15) is 5.10 Å². The van der Waals surface area contributed by atoms with Crippen molar-refractivity contribution in [1.82, 2.24) is 29.6 Å². The molecule has 3 aromatic heterocycles. The summed E-state index contributed by atoms with van der Waals surface area (Å²) >= 11 is 2.86. The molecule has 11 heteroatoms. The second-order valence-electron chi connectivity index (χ2n) is 7.52. The number of amides is 1. The van der Waals surface area contributed by atoms with E-state index in [1.165, 1.54) is 33.3 Å². The lowest BCUT2D eigenvalue weighted by molar-refractivity contribution is -0.115. The van der Waals surface area contributed by atoms with E-state index >= 15 is 0 Å². The summed E-state index contributed by atoms with van der Waals surface area (Å²) in [6.45, 7) is 9.48. The summed E-state index contributed by atoms with van der Waals surface area (Å²) in [6, 6.07) is 7.91. The van der Waals surface area contributed by atoms with Crippen molar-refractivity contribution in [2.24, 2.45) is 0 Å². The number of carbonyl (C=O) groups is 1. The third-order valence-electron chi connectivity index (χ3n) is 4.99. The van der Waals surface area contributed by atoms with Crippen LogP contribution in [0.1, 0.15) is 35.1 Å². The lowest BCUT2D eigenvalue weighted by Gasteiger charge is -2.19. The molecule has 1 aromatic carbocycles. The largest absolute Gasteiger partial charge is 0.334 e. The van der Waals surface area contributed by atoms with Crippen molar-refractivity contribution in [3.05, 3.63) is 57.9 Å². The van der Waals surface area contributed by atoms with Crippen LogP contribution >= 0.6 is 23.1 Å². The molecule has 4 aromatic rings. The fourth-order valence-corrected chi connectivity index (χ4v) is 4.98. The number of nitrogen functional groups attached to an aromatic ring is 1. The summed E-state index contributed by atoms with van der Waals surface area (Å²) in [7, 11) is 0. The number of hydrogen-bond donors (Lipinski definition) is 1. The SMILES string of the molecule is CC(=O)N(c1ccc(C)c(C)c1)c1nc(CSc2nnc(-n3nc(C)cc3C)n2N)cs1. The number of carbonyl (C=O) groups excluding carboxylic acids is 1. The number of benzene rings is 1. The Morgan fingerprint density at radius 1 is 1.16 bits per heavy atom. The summed E-state index contributed by atoms with van der Waals surface area (Å²) in [5.41, 5.74) is 5.76. The van der Waals surface area contributed by atoms with Gasteiger partial charge in [0, 0.05) is 23.8 Å². The van der Waals surface area contributed by atoms with Crippen molar-refractivity contribution in [2.75, 3.05) is 10.7 Å². The predicted molar refractivity (Wildman–Crippen MR) is 127 cm³/mol. The monoisotopic (exact) mass is 468 g/mol. The number of thioether (sulfide) groups is 1. The van der Waals surface area contributed by atoms with Crippen molar-refractivity contribution in [3.8, 4) is 5.95 Å². The Morgan fingerprint density at radius 2 is 1.94 bits per heavy atom. The highest BCUT2D eigenvalue weighted by atomic mass is 32.2. The van der Waals surface area contributed by atoms with Crippen molar-refractivity contribution < 1.29 is 4.79 Å². The van der Waals surface area contributed by atoms with Gasteiger partial charge in [0.05, 0.1) is 17.1 Å². The third kappa shape index (κ3) is 4.26. The maximum absolute atomic E-state index is 12.4. The Kier molecular flexibility index (Phi) is 6.02. The molecular weight excluding hydrogens is 444 g/mol. The van der Waals surface area contributed by atoms with Gasteiger partial charge in [0.25, 0.3) is 5.95 Å². The number of nitrogens with zero attached hydrogens (tertiary/aromatic N) is 7. The van der Waals surface area contributed by atoms with Gasteiger partial charge in [-0.25, -0.2) is 14.3 Å². The average molecular weight is 469 g/mol. The lowest BCUT2D eigenvalue weighted by Crippen LogP contribution is -2.22. The topological polar surface area (TPSA) is 108 Å². The second-order valence-corrected chi connectivity index (χ2v) is 9.30. The van der Waals surface area contributed by atoms with Gasteiger partial charge in [-0.1, -0.05) is 17.8 Å². The van der Waals surface area contributed by atoms with Gasteiger partial charge in [0.1, 0.15) is 0 Å². The van der Waals surface area contributed by atoms with Crippen LogP contribution < -0.4 is 10.7 Å². The fraction of sp³-hybridized carbons (Fsp3) is 0.286. The van der Waals surface area contributed by atoms with Crippen LogP contribution in [0.3, 0.4) is 0 Å². The zero-order valence-corrected chi connectivity index (χ0v) is 20.2. The van der Waals surface area contributed by atoms with Gasteiger partial charge in [-0.3, -0.25) is 9.69 Å². The normalized spacial score (nSPS) is 11.2. The molecule has 9 nitrogen and oxygen atoms in total. The Labute approximate surface area is 194 Å². The first-order valence-electron chi connectivity index (χ1n) is 9.94. The molecule has 0 spiro atoms. The first-order chi connectivity index (χ1) is 15.2. The number of rotatable bonds is 6. The van der Waals surface area contributed by atoms with E-state index in [1.54, 1.807) is 16.5 Å². The molecule has 0 aliphatic carbocycles. The Balaban J connectivity index is 1.51. The van der Waals surface area contributed by atoms with Gasteiger partial charge in [-0.05, 0) is 57.0 Å². The van der Waals surface area contributed by atoms with Crippen molar-refractivity contribution in [1.29, 1.82) is 0 Å². The molecule has 4 rings (SSSR count). The van der Waals surface area contributed by atoms with E-state index in [0.29, 0.717) is 22.0 Å². The summed E-state index contributed by atoms with van der Waals surface area (Å²) in [4.78, 5) is 18.7. The van der Waals surface area contributed by atoms with Crippen LogP contribution in [0.4, 0.5) is 10.8 Å². The molecule has 0 saturated carbocycles. The minimum atomic E-state index is -0.0852. The van der Waals surface area contributed by atoms with E-state index in [2.05, 4.69) is 20.3 Å². The van der Waals surface area contributed by atoms with Crippen LogP contribution in [0, 0.1) is 27.7 Å². The zero-order chi connectivity index (χ0) is 23.0. The first-order valence-corrected chi connectivity index (χ1v) is 11.8. The van der Waals surface area contributed by atoms with Gasteiger partial charge in [-0.15, -0.1) is 21.5 Å². The Hall–Kier alpha value is -3.18. The van der Waals surface area contributed by atoms with Crippen molar-refractivity contribution >= 4 is 39.8 Å². The van der Waals surface area contributed by atoms with E-state index < -0.39 is 0 Å². The average Bonchev–Trinajstić information content (AvgIpc) is 3.42. The molecule has 1 amide bonds. The quantitative estimate of drug-likeness (QED) is 0.338. The van der Waals surface area contributed by atoms with E-state index in [0.717, 1.165) is 28.3 Å². The molecular formula is C21H24N8OS2. The Bertz CT molecular complexity index is 1290. The minimum Gasteiger partial charge on any atom is -0.334 e. The molecule has 166 valence electrons. The third-order valence-corrected chi connectivity index (χ3v) is 6.84. The van der Waals surface area contributed by atoms with Crippen LogP contribution in [-0.2, 0) is 10.5 Å². The molecule has 32 heavy (non-hydrogen) atoms. The number of aromatic nitrogens is 6. The van der Waals surface area contributed by atoms with E-state index in [4.69, 9.17) is 5.84 Å². The van der Waals surface area contributed by atoms with Gasteiger partial charge in [0.15, 0.2) is 5.13 Å². The molecule has 0 bridgehead atoms. The lowest BCUT2D eigenvalue weighted by atomic mass is 10.1. The van der Waals surface area contributed by atoms with Crippen LogP contribution in [0.2, 0.25) is 0 Å². The predicted octanol–water partition coefficient (Wildman–Crippen LogP) is 3.84. The minimum absolute atomic E-state index is 0.0852. The fourth-order valence-electron chi connectivity index (χ4n) is 3.24. The van der Waals surface area contributed by atoms with Crippen LogP contribution in [-0.4, -0.2) is 35.5 Å². The first kappa shape index (κ1) is 22.0. The number of aryl methyl sites for hydroxylation is 4. The smallest absolute Gasteiger partial charge is 0.271 e. The summed E-state index contributed by atoms with van der Waals surface area (Å²) in [5, 5.41) is 15.9. The summed E-state index contributed by atoms with van der Waals surface area (Å²) in [5.74, 6) is 7.12. The number of nitrogens with two attached hydrogens (primary N) is 1. The zero-order valence-electron chi connectivity index (χ0n) is 18.5. The van der Waals surface area contributed by atoms with E-state index in [1.807, 2.05) is 57.3 Å². The van der Waals surface area contributed by atoms with E-state index in [9.17, 15) is 4.79 Å². The highest BCUT2D eigenvalue weighted by Crippen LogP contribution is 2.32. The molecule has 0 atom stereocenters. The number of anilines is 2. The van der Waals surface area contributed by atoms with E-state index in [-0.39, 0.29) is 5.91 Å².